The molecule has 3 unspecified atom stereocenters. The number of anilines is 5. The number of fused-ring (bicyclic) bond motifs is 4. The van der Waals surface area contributed by atoms with E-state index in [0.29, 0.717) is 126 Å². The summed E-state index contributed by atoms with van der Waals surface area (Å²) in [5, 5.41) is 74.6. The van der Waals surface area contributed by atoms with Crippen LogP contribution < -0.4 is 36.1 Å². The molecule has 3 atom stereocenters. The number of carboxylic acid groups (broad SMARTS) is 5. The Morgan fingerprint density at radius 1 is 0.331 bits per heavy atom. The van der Waals surface area contributed by atoms with E-state index in [1.54, 1.807) is 130 Å². The monoisotopic (exact) mass is 2150 g/mol. The highest BCUT2D eigenvalue weighted by Crippen LogP contribution is 2.46. The Balaban J connectivity index is 0.000000132. The molecule has 5 amide bonds. The van der Waals surface area contributed by atoms with Gasteiger partial charge in [-0.15, -0.1) is 56.7 Å². The molecule has 1 aliphatic heterocycles. The molecule has 5 aromatic heterocycles. The van der Waals surface area contributed by atoms with Gasteiger partial charge in [0.15, 0.2) is 11.5 Å². The zero-order chi connectivity index (χ0) is 98.5. The number of aromatic carboxylic acids is 5. The van der Waals surface area contributed by atoms with Crippen LogP contribution in [-0.4, -0.2) is 104 Å². The van der Waals surface area contributed by atoms with Crippen molar-refractivity contribution >= 4 is 208 Å². The molecule has 22 nitrogen and oxygen atoms in total. The smallest absolute Gasteiger partial charge is 0.339 e. The Morgan fingerprint density at radius 3 is 0.899 bits per heavy atom. The first kappa shape index (κ1) is 101. The second-order valence-corrected chi connectivity index (χ2v) is 41.0. The quantitative estimate of drug-likeness (QED) is 0.0319. The van der Waals surface area contributed by atoms with Crippen LogP contribution in [0.2, 0.25) is 15.1 Å². The first-order valence-corrected chi connectivity index (χ1v) is 50.9. The van der Waals surface area contributed by atoms with Gasteiger partial charge in [0.25, 0.3) is 5.91 Å². The van der Waals surface area contributed by atoms with E-state index in [1.807, 2.05) is 91.0 Å². The normalized spacial score (nSPS) is 16.0. The topological polar surface area (TPSA) is 350 Å². The standard InChI is InChI=1S/C22H18BrNO3S.C22H18ClNO3S.C21H16ClNO3S.C20H20BrF2NO3S.C20H14ClNO5S/c2*23-17-9-7-14(8-10-17)18-12-28-21(19(18)22(26)27)24-20(25)16-6-5-13-3-1-2-4-15(13)11-16;22-16-7-5-12(6-8-16)17-11-27-20(18(17)21(25)26)23-19(24)15-9-13-3-1-2-4-14(13)10-15;1-20(22,23)13-6-2-12(3-7-13)17(25)24-18-16(19(26)27)15(10-28-18)11-4-8-14(21)9-5-11;21-12-7-5-11(6-8-12)13-10-28-19(17(13)20(24)25)22-18(23)16-9-26-14-3-1-2-4-15(14)27-16/h2*1-4,7-10,12,16H,5-6,11H2,(H,24,25)(H,26,27);1-8,11,15H,9-10H2,(H,23,24)(H,25,26);4-5,8-10,12-13H,2-3,6-7H2,1H3,(H,24,25)(H,26,27);1-8,10,16H,9H2,(H,22,23)(H,24,25). The number of carbonyl (C=O) groups excluding carboxylic acids is 5. The summed E-state index contributed by atoms with van der Waals surface area (Å²) < 4.78 is 39.9. The molecule has 0 spiro atoms. The lowest BCUT2D eigenvalue weighted by Gasteiger charge is -2.31. The molecule has 10 N–H and O–H groups in total. The number of aryl methyl sites for hydroxylation is 2. The molecule has 5 aliphatic rings. The van der Waals surface area contributed by atoms with Gasteiger partial charge in [-0.05, 0) is 218 Å². The molecule has 34 heteroatoms. The van der Waals surface area contributed by atoms with E-state index in [-0.39, 0.29) is 91.7 Å². The predicted molar refractivity (Wildman–Crippen MR) is 551 cm³/mol. The van der Waals surface area contributed by atoms with E-state index in [1.165, 1.54) is 67.4 Å². The zero-order valence-corrected chi connectivity index (χ0v) is 83.2. The van der Waals surface area contributed by atoms with Crippen LogP contribution in [0.25, 0.3) is 55.6 Å². The van der Waals surface area contributed by atoms with Crippen molar-refractivity contribution in [3.05, 3.63) is 331 Å². The summed E-state index contributed by atoms with van der Waals surface area (Å²) in [4.78, 5) is 123. The summed E-state index contributed by atoms with van der Waals surface area (Å²) in [5.41, 5.74) is 14.4. The highest BCUT2D eigenvalue weighted by Gasteiger charge is 2.40. The number of hydrogen-bond donors (Lipinski definition) is 10. The second kappa shape index (κ2) is 45.6. The molecule has 139 heavy (non-hydrogen) atoms. The van der Waals surface area contributed by atoms with Crippen LogP contribution >= 0.6 is 123 Å². The van der Waals surface area contributed by atoms with Crippen LogP contribution in [0.4, 0.5) is 33.8 Å². The van der Waals surface area contributed by atoms with Gasteiger partial charge in [0.1, 0.15) is 59.4 Å². The van der Waals surface area contributed by atoms with Gasteiger partial charge < -0.3 is 61.6 Å². The molecule has 14 aromatic rings. The molecule has 1 saturated carbocycles. The van der Waals surface area contributed by atoms with Crippen molar-refractivity contribution in [2.24, 2.45) is 29.6 Å². The third kappa shape index (κ3) is 24.8. The number of halogens is 7. The minimum absolute atomic E-state index is 0.0257. The van der Waals surface area contributed by atoms with E-state index in [4.69, 9.17) is 44.3 Å². The molecular formula is C105H86Br2Cl3F2N5O17S5. The first-order chi connectivity index (χ1) is 66.8. The fourth-order valence-corrected chi connectivity index (χ4v) is 22.9. The van der Waals surface area contributed by atoms with E-state index in [0.717, 1.165) is 86.5 Å². The van der Waals surface area contributed by atoms with Crippen LogP contribution in [0.5, 0.6) is 11.5 Å². The lowest BCUT2D eigenvalue weighted by atomic mass is 9.79. The fourth-order valence-electron chi connectivity index (χ4n) is 17.2. The predicted octanol–water partition coefficient (Wildman–Crippen LogP) is 27.1. The lowest BCUT2D eigenvalue weighted by Crippen LogP contribution is -2.40. The number of rotatable bonds is 21. The molecule has 1 fully saturated rings. The number of carboxylic acids is 5. The summed E-state index contributed by atoms with van der Waals surface area (Å²) in [6, 6.07) is 66.9. The third-order valence-corrected chi connectivity index (χ3v) is 30.7. The number of nitrogens with one attached hydrogen (secondary N) is 5. The van der Waals surface area contributed by atoms with Crippen LogP contribution in [-0.2, 0) is 62.5 Å². The Labute approximate surface area is 848 Å². The lowest BCUT2D eigenvalue weighted by molar-refractivity contribution is -0.125. The summed E-state index contributed by atoms with van der Waals surface area (Å²) in [5.74, 6) is -9.80. The van der Waals surface area contributed by atoms with Crippen LogP contribution in [0, 0.1) is 29.6 Å². The van der Waals surface area contributed by atoms with Gasteiger partial charge in [-0.3, -0.25) is 24.0 Å². The van der Waals surface area contributed by atoms with Gasteiger partial charge in [-0.1, -0.05) is 212 Å². The van der Waals surface area contributed by atoms with Crippen molar-refractivity contribution < 1.29 is 91.7 Å². The second-order valence-electron chi connectivity index (χ2n) is 33.4. The van der Waals surface area contributed by atoms with E-state index in [2.05, 4.69) is 82.7 Å². The van der Waals surface area contributed by atoms with E-state index in [9.17, 15) is 82.3 Å². The average molecular weight is 2150 g/mol. The molecular weight excluding hydrogens is 2070 g/mol. The van der Waals surface area contributed by atoms with Gasteiger partial charge >= 0.3 is 29.8 Å². The number of thiophene rings is 5. The molecule has 0 saturated heterocycles. The maximum absolute atomic E-state index is 13.4. The number of carbonyl (C=O) groups is 10. The van der Waals surface area contributed by atoms with Crippen molar-refractivity contribution in [2.75, 3.05) is 33.2 Å². The minimum atomic E-state index is -2.73. The SMILES string of the molecule is CC(F)(F)C1CCC(C(=O)Nc2scc(-c3ccc(Br)cc3)c2C(=O)O)CC1.O=C(O)c1c(-c2ccc(Br)cc2)csc1NC(=O)C1CCc2ccccc2C1.O=C(O)c1c(-c2ccc(Cl)cc2)csc1NC(=O)C1CCc2ccccc2C1.O=C(O)c1c(-c2ccc(Cl)cc2)csc1NC(=O)C1COc2ccccc2O1.O=C(O)c1c(-c2ccc(Cl)cc2)csc1NC(=O)C1Cc2ccccc2C1. The number of amides is 5. The summed E-state index contributed by atoms with van der Waals surface area (Å²) in [6.07, 6.45) is 6.48. The van der Waals surface area contributed by atoms with Crippen molar-refractivity contribution in [3.63, 3.8) is 0 Å². The maximum atomic E-state index is 13.4. The van der Waals surface area contributed by atoms with Crippen molar-refractivity contribution in [2.45, 2.75) is 96.0 Å². The fraction of sp³-hybridized carbons (Fsp3) is 0.200. The summed E-state index contributed by atoms with van der Waals surface area (Å²) >= 11 is 30.5. The van der Waals surface area contributed by atoms with Gasteiger partial charge in [-0.2, -0.15) is 0 Å². The van der Waals surface area contributed by atoms with E-state index < -0.39 is 53.7 Å². The van der Waals surface area contributed by atoms with E-state index >= 15 is 0 Å². The van der Waals surface area contributed by atoms with Gasteiger partial charge in [0, 0.05) is 108 Å². The van der Waals surface area contributed by atoms with Crippen molar-refractivity contribution in [3.8, 4) is 67.1 Å². The maximum Gasteiger partial charge on any atom is 0.339 e. The molecule has 6 heterocycles. The van der Waals surface area contributed by atoms with Crippen LogP contribution in [0.3, 0.4) is 0 Å². The number of ether oxygens (including phenoxy) is 2. The number of para-hydroxylation sites is 2. The van der Waals surface area contributed by atoms with Crippen molar-refractivity contribution in [1.82, 2.24) is 0 Å². The average Bonchev–Trinajstić information content (AvgIpc) is 1.69. The van der Waals surface area contributed by atoms with Gasteiger partial charge in [-0.25, -0.2) is 32.8 Å². The largest absolute Gasteiger partial charge is 0.485 e. The minimum Gasteiger partial charge on any atom is -0.485 e. The number of alkyl halides is 2. The molecule has 19 rings (SSSR count). The summed E-state index contributed by atoms with van der Waals surface area (Å²) in [6.45, 7) is 0.965. The Kier molecular flexibility index (Phi) is 33.1. The highest BCUT2D eigenvalue weighted by atomic mass is 79.9. The van der Waals surface area contributed by atoms with Crippen LogP contribution in [0.1, 0.15) is 131 Å². The Bertz CT molecular complexity index is 6510. The van der Waals surface area contributed by atoms with Crippen molar-refractivity contribution in [1.29, 1.82) is 0 Å². The molecule has 712 valence electrons. The molecule has 4 aliphatic carbocycles. The molecule has 0 radical (unpaired) electrons. The highest BCUT2D eigenvalue weighted by molar-refractivity contribution is 9.10. The van der Waals surface area contributed by atoms with Gasteiger partial charge in [0.2, 0.25) is 35.7 Å². The Hall–Kier alpha value is -12.5. The Morgan fingerprint density at radius 2 is 0.590 bits per heavy atom. The molecule has 9 aromatic carbocycles. The third-order valence-electron chi connectivity index (χ3n) is 24.5. The zero-order valence-electron chi connectivity index (χ0n) is 73.6. The van der Waals surface area contributed by atoms with Gasteiger partial charge in [0.05, 0.1) is 0 Å². The molecule has 0 bridgehead atoms. The first-order valence-electron chi connectivity index (χ1n) is 43.8. The van der Waals surface area contributed by atoms with Crippen LogP contribution in [0.15, 0.2) is 254 Å². The number of benzene rings is 9. The summed E-state index contributed by atoms with van der Waals surface area (Å²) in [7, 11) is 0. The number of hydrogen-bond acceptors (Lipinski definition) is 17.